The van der Waals surface area contributed by atoms with Gasteiger partial charge in [-0.3, -0.25) is 57.5 Å². The fourth-order valence-electron chi connectivity index (χ4n) is 15.5. The van der Waals surface area contributed by atoms with Crippen molar-refractivity contribution in [1.29, 1.82) is 0 Å². The smallest absolute Gasteiger partial charge is 0.377 e. The fraction of sp³-hybridized carbons (Fsp3) is 0.726. The van der Waals surface area contributed by atoms with Crippen LogP contribution in [-0.4, -0.2) is 270 Å². The van der Waals surface area contributed by atoms with E-state index in [2.05, 4.69) is 16.0 Å². The maximum atomic E-state index is 15.5. The van der Waals surface area contributed by atoms with Crippen molar-refractivity contribution in [2.45, 2.75) is 235 Å². The van der Waals surface area contributed by atoms with Crippen LogP contribution in [0.4, 0.5) is 30.7 Å². The van der Waals surface area contributed by atoms with E-state index in [1.165, 1.54) is 64.0 Å². The molecule has 5 fully saturated rings. The lowest BCUT2D eigenvalue weighted by Gasteiger charge is -2.46. The van der Waals surface area contributed by atoms with Crippen LogP contribution in [0.3, 0.4) is 0 Å². The summed E-state index contributed by atoms with van der Waals surface area (Å²) in [6.07, 6.45) is -2.97. The average Bonchev–Trinajstić information content (AvgIpc) is 1.71. The Labute approximate surface area is 610 Å². The van der Waals surface area contributed by atoms with Crippen LogP contribution in [0.5, 0.6) is 0 Å². The van der Waals surface area contributed by atoms with Gasteiger partial charge in [0.15, 0.2) is 0 Å². The van der Waals surface area contributed by atoms with Crippen molar-refractivity contribution in [3.8, 4) is 0 Å². The molecule has 32 heteroatoms. The molecule has 105 heavy (non-hydrogen) atoms. The SMILES string of the molecule is CCO[C@@H]1C[C@H]2C(=O)NC3(CCC3)C(=O)N(C)[C@@H](C3CCCC3)C(=O)N(C)[C@H](C(=O)N(C)CC)CC(=O)N(C)[C@@H](CC)C(=O)N[C@@H]([C@@H](C)CC)C(=O)N(C)CC(=O)N(C)[C@H]3C/C=C\CCN(C3=O)[C@@H](CC3CCC(F)(F)CC3)C(=O)N(C)CC(=O)N[C@H](CCc3cc(F)c(C(F)(F)F)c(F)c3)C(=O)N2C1. The van der Waals surface area contributed by atoms with E-state index in [4.69, 9.17) is 4.74 Å². The number of hydrogen-bond acceptors (Lipinski definition) is 13. The fourth-order valence-corrected chi connectivity index (χ4v) is 15.5. The minimum absolute atomic E-state index is 0.00520. The van der Waals surface area contributed by atoms with Gasteiger partial charge in [-0.25, -0.2) is 17.6 Å². The molecule has 7 rings (SSSR count). The number of carbonyl (C=O) groups excluding carboxylic acids is 12. The molecule has 6 aliphatic rings. The number of aryl methyl sites for hydroxylation is 1. The molecule has 10 atom stereocenters. The molecule has 0 unspecified atom stereocenters. The predicted molar refractivity (Wildman–Crippen MR) is 370 cm³/mol. The molecule has 3 N–H and O–H groups in total. The van der Waals surface area contributed by atoms with Gasteiger partial charge in [0.25, 0.3) is 0 Å². The van der Waals surface area contributed by atoms with Gasteiger partial charge in [-0.1, -0.05) is 52.2 Å². The molecule has 3 aliphatic carbocycles. The monoisotopic (exact) mass is 1490 g/mol. The van der Waals surface area contributed by atoms with E-state index < -0.39 is 223 Å². The molecule has 1 aromatic carbocycles. The van der Waals surface area contributed by atoms with Crippen LogP contribution in [0.1, 0.15) is 168 Å². The van der Waals surface area contributed by atoms with Crippen LogP contribution in [0.15, 0.2) is 24.3 Å². The molecule has 0 radical (unpaired) electrons. The van der Waals surface area contributed by atoms with Gasteiger partial charge in [-0.2, -0.15) is 13.2 Å². The Morgan fingerprint density at radius 2 is 1.32 bits per heavy atom. The lowest BCUT2D eigenvalue weighted by molar-refractivity contribution is -0.158. The topological polar surface area (TPSA) is 279 Å². The van der Waals surface area contributed by atoms with Gasteiger partial charge in [0.2, 0.25) is 76.8 Å². The number of rotatable bonds is 13. The second-order valence-corrected chi connectivity index (χ2v) is 29.6. The van der Waals surface area contributed by atoms with Gasteiger partial charge in [-0.15, -0.1) is 0 Å². The second kappa shape index (κ2) is 36.1. The van der Waals surface area contributed by atoms with E-state index in [1.807, 2.05) is 0 Å². The summed E-state index contributed by atoms with van der Waals surface area (Å²) in [5.41, 5.74) is -4.23. The predicted octanol–water partition coefficient (Wildman–Crippen LogP) is 5.45. The summed E-state index contributed by atoms with van der Waals surface area (Å²) in [5.74, 6) is -18.1. The molecular formula is C73H107F7N12O13. The third kappa shape index (κ3) is 20.0. The Bertz CT molecular complexity index is 3360. The van der Waals surface area contributed by atoms with E-state index in [0.717, 1.165) is 29.4 Å². The third-order valence-electron chi connectivity index (χ3n) is 22.5. The number of carbonyl (C=O) groups is 12. The summed E-state index contributed by atoms with van der Waals surface area (Å²) < 4.78 is 107. The minimum Gasteiger partial charge on any atom is -0.377 e. The summed E-state index contributed by atoms with van der Waals surface area (Å²) in [5, 5.41) is 8.30. The van der Waals surface area contributed by atoms with Crippen LogP contribution in [0, 0.1) is 29.4 Å². The molecule has 25 nitrogen and oxygen atoms in total. The standard InChI is InChI=1S/C73H107F7N12O13/c1-13-43(5)60-68(102)86(8)42-58(95)88(10)52-25-18-17-21-34-91(67(52)101)55(37-44-28-32-72(76,77)33-29-44)66(100)85(7)41-56(93)81-50(27-26-45-35-48(74)59(49(75)36-45)73(78,79)80)64(98)92-40-47(105-16-4)38-53(92)63(97)83-71(30-22-31-71)70(104)90(12)61(46-23-19-20-24-46)69(103)89(11)54(65(99)84(6)15-3)39-57(94)87(9)51(14-2)62(96)82-60/h17-18,35-36,43-44,46-47,50-55,60-61H,13-16,19-34,37-42H2,1-12H3,(H,81,93)(H,82,96)(H,83,97)/b18-17-/t43-,47+,50+,51-,52-,53-,54-,55-,60-,61-/m0/s1. The van der Waals surface area contributed by atoms with Crippen molar-refractivity contribution < 1.29 is 93.0 Å². The number of nitrogens with one attached hydrogen (secondary N) is 3. The first-order valence-corrected chi connectivity index (χ1v) is 36.9. The summed E-state index contributed by atoms with van der Waals surface area (Å²) >= 11 is 0. The summed E-state index contributed by atoms with van der Waals surface area (Å²) in [4.78, 5) is 190. The molecule has 3 aliphatic heterocycles. The average molecular weight is 1490 g/mol. The highest BCUT2D eigenvalue weighted by molar-refractivity contribution is 6.01. The highest BCUT2D eigenvalue weighted by atomic mass is 19.4. The molecule has 2 saturated heterocycles. The Hall–Kier alpha value is -7.93. The van der Waals surface area contributed by atoms with E-state index in [0.29, 0.717) is 50.7 Å². The molecule has 12 amide bonds. The summed E-state index contributed by atoms with van der Waals surface area (Å²) in [6, 6.07) is -10.5. The van der Waals surface area contributed by atoms with Crippen LogP contribution in [0.25, 0.3) is 0 Å². The largest absolute Gasteiger partial charge is 0.422 e. The van der Waals surface area contributed by atoms with Crippen LogP contribution < -0.4 is 16.0 Å². The Morgan fingerprint density at radius 3 is 1.90 bits per heavy atom. The molecule has 2 bridgehead atoms. The second-order valence-electron chi connectivity index (χ2n) is 29.6. The molecule has 0 aromatic heterocycles. The maximum Gasteiger partial charge on any atom is 0.422 e. The quantitative estimate of drug-likeness (QED) is 0.164. The number of halogens is 7. The number of amides is 12. The zero-order chi connectivity index (χ0) is 77.9. The summed E-state index contributed by atoms with van der Waals surface area (Å²) in [6.45, 7) is 6.71. The minimum atomic E-state index is -5.44. The van der Waals surface area contributed by atoms with Crippen molar-refractivity contribution in [3.05, 3.63) is 47.0 Å². The number of likely N-dealkylation sites (N-methyl/N-ethyl adjacent to an activating group) is 7. The summed E-state index contributed by atoms with van der Waals surface area (Å²) in [7, 11) is 9.47. The van der Waals surface area contributed by atoms with E-state index in [9.17, 15) is 50.7 Å². The van der Waals surface area contributed by atoms with Crippen LogP contribution in [-0.2, 0) is 74.9 Å². The molecule has 3 heterocycles. The van der Waals surface area contributed by atoms with Crippen LogP contribution >= 0.6 is 0 Å². The first-order valence-electron chi connectivity index (χ1n) is 36.9. The maximum absolute atomic E-state index is 15.5. The lowest BCUT2D eigenvalue weighted by Crippen LogP contribution is -2.68. The van der Waals surface area contributed by atoms with Gasteiger partial charge < -0.3 is 64.8 Å². The first-order chi connectivity index (χ1) is 49.3. The number of alkyl halides is 5. The molecule has 586 valence electrons. The number of benzene rings is 1. The normalized spacial score (nSPS) is 27.9. The Morgan fingerprint density at radius 1 is 0.695 bits per heavy atom. The van der Waals surface area contributed by atoms with Crippen molar-refractivity contribution in [2.75, 3.05) is 88.7 Å². The zero-order valence-electron chi connectivity index (χ0n) is 62.6. The lowest BCUT2D eigenvalue weighted by atomic mass is 9.74. The number of hydrogen-bond donors (Lipinski definition) is 3. The van der Waals surface area contributed by atoms with Gasteiger partial charge in [0.05, 0.1) is 25.6 Å². The highest BCUT2D eigenvalue weighted by Gasteiger charge is 2.54. The van der Waals surface area contributed by atoms with Crippen molar-refractivity contribution in [3.63, 3.8) is 0 Å². The number of nitrogens with zero attached hydrogens (tertiary/aromatic N) is 9. The Balaban J connectivity index is 1.33. The van der Waals surface area contributed by atoms with Gasteiger partial charge in [0, 0.05) is 94.8 Å². The highest BCUT2D eigenvalue weighted by Crippen LogP contribution is 2.41. The molecule has 3 saturated carbocycles. The van der Waals surface area contributed by atoms with Gasteiger partial charge >= 0.3 is 6.18 Å². The molecular weight excluding hydrogens is 1390 g/mol. The van der Waals surface area contributed by atoms with E-state index in [-0.39, 0.29) is 89.6 Å². The third-order valence-corrected chi connectivity index (χ3v) is 22.5. The first kappa shape index (κ1) is 84.3. The van der Waals surface area contributed by atoms with Gasteiger partial charge in [-0.05, 0) is 133 Å². The number of ether oxygens (including phenoxy) is 1. The van der Waals surface area contributed by atoms with Crippen molar-refractivity contribution in [2.24, 2.45) is 17.8 Å². The van der Waals surface area contributed by atoms with Crippen LogP contribution in [0.2, 0.25) is 0 Å². The molecule has 1 aromatic rings. The van der Waals surface area contributed by atoms with Crippen molar-refractivity contribution in [1.82, 2.24) is 60.0 Å². The van der Waals surface area contributed by atoms with E-state index in [1.54, 1.807) is 46.8 Å². The van der Waals surface area contributed by atoms with Crippen molar-refractivity contribution >= 4 is 70.9 Å². The zero-order valence-corrected chi connectivity index (χ0v) is 62.6. The van der Waals surface area contributed by atoms with E-state index >= 15 is 37.5 Å². The Kier molecular flexibility index (Phi) is 29.0. The van der Waals surface area contributed by atoms with Gasteiger partial charge in [0.1, 0.15) is 71.1 Å². The molecule has 1 spiro atoms. The number of fused-ring (bicyclic) bond motifs is 3.